The molecule has 0 aliphatic carbocycles. The van der Waals surface area contributed by atoms with Crippen LogP contribution in [-0.4, -0.2) is 17.0 Å². The van der Waals surface area contributed by atoms with Gasteiger partial charge in [0.1, 0.15) is 0 Å². The van der Waals surface area contributed by atoms with Gasteiger partial charge in [-0.15, -0.1) is 11.6 Å². The second-order valence-electron chi connectivity index (χ2n) is 2.79. The van der Waals surface area contributed by atoms with E-state index in [9.17, 15) is 4.79 Å². The molecule has 0 radical (unpaired) electrons. The van der Waals surface area contributed by atoms with Crippen LogP contribution >= 0.6 is 11.6 Å². The van der Waals surface area contributed by atoms with E-state index in [2.05, 4.69) is 11.8 Å². The van der Waals surface area contributed by atoms with Gasteiger partial charge in [-0.05, 0) is 24.6 Å². The number of benzene rings is 1. The minimum Gasteiger partial charge on any atom is -0.478 e. The van der Waals surface area contributed by atoms with Gasteiger partial charge in [0.05, 0.1) is 11.4 Å². The quantitative estimate of drug-likeness (QED) is 0.568. The molecule has 1 aromatic rings. The zero-order valence-corrected chi connectivity index (χ0v) is 8.43. The second kappa shape index (κ2) is 4.69. The first-order chi connectivity index (χ1) is 6.65. The smallest absolute Gasteiger partial charge is 0.336 e. The lowest BCUT2D eigenvalue weighted by atomic mass is 10.1. The van der Waals surface area contributed by atoms with Gasteiger partial charge < -0.3 is 5.11 Å². The molecule has 1 N–H and O–H groups in total. The number of hydrogen-bond acceptors (Lipinski definition) is 1. The van der Waals surface area contributed by atoms with Crippen molar-refractivity contribution in [3.05, 3.63) is 34.9 Å². The molecule has 14 heavy (non-hydrogen) atoms. The summed E-state index contributed by atoms with van der Waals surface area (Å²) in [7, 11) is 0. The number of rotatable bonds is 1. The molecule has 1 aromatic carbocycles. The van der Waals surface area contributed by atoms with Crippen LogP contribution in [0, 0.1) is 18.8 Å². The highest BCUT2D eigenvalue weighted by Crippen LogP contribution is 2.10. The molecule has 2 nitrogen and oxygen atoms in total. The minimum absolute atomic E-state index is 0.201. The van der Waals surface area contributed by atoms with Crippen LogP contribution < -0.4 is 0 Å². The lowest BCUT2D eigenvalue weighted by Gasteiger charge is -1.99. The maximum Gasteiger partial charge on any atom is 0.336 e. The predicted octanol–water partition coefficient (Wildman–Crippen LogP) is 2.28. The number of carboxylic acids is 1. The first kappa shape index (κ1) is 10.6. The molecule has 0 fully saturated rings. The van der Waals surface area contributed by atoms with Crippen molar-refractivity contribution in [2.24, 2.45) is 0 Å². The Morgan fingerprint density at radius 1 is 1.57 bits per heavy atom. The minimum atomic E-state index is -0.969. The summed E-state index contributed by atoms with van der Waals surface area (Å²) in [5.41, 5.74) is 1.71. The topological polar surface area (TPSA) is 37.3 Å². The summed E-state index contributed by atoms with van der Waals surface area (Å²) in [5.74, 6) is 4.59. The molecule has 0 spiro atoms. The van der Waals surface area contributed by atoms with Crippen LogP contribution in [0.15, 0.2) is 18.2 Å². The molecule has 0 aliphatic heterocycles. The Morgan fingerprint density at radius 3 is 2.86 bits per heavy atom. The molecule has 3 heteroatoms. The van der Waals surface area contributed by atoms with Gasteiger partial charge in [-0.3, -0.25) is 0 Å². The summed E-state index contributed by atoms with van der Waals surface area (Å²) in [5, 5.41) is 8.86. The third-order valence-corrected chi connectivity index (χ3v) is 1.83. The van der Waals surface area contributed by atoms with Gasteiger partial charge in [-0.25, -0.2) is 4.79 Å². The molecule has 0 atom stereocenters. The van der Waals surface area contributed by atoms with Crippen LogP contribution in [0.5, 0.6) is 0 Å². The zero-order chi connectivity index (χ0) is 10.6. The molecular weight excluding hydrogens is 200 g/mol. The van der Waals surface area contributed by atoms with E-state index in [1.54, 1.807) is 18.2 Å². The van der Waals surface area contributed by atoms with Crippen LogP contribution in [0.4, 0.5) is 0 Å². The summed E-state index contributed by atoms with van der Waals surface area (Å²) in [4.78, 5) is 10.8. The highest BCUT2D eigenvalue weighted by molar-refractivity contribution is 6.19. The Bertz CT molecular complexity index is 413. The Kier molecular flexibility index (Phi) is 3.55. The first-order valence-corrected chi connectivity index (χ1v) is 4.57. The molecule has 0 saturated carbocycles. The molecule has 0 aromatic heterocycles. The summed E-state index contributed by atoms with van der Waals surface area (Å²) in [6, 6.07) is 5.04. The molecule has 0 bridgehead atoms. The van der Waals surface area contributed by atoms with E-state index in [-0.39, 0.29) is 11.4 Å². The van der Waals surface area contributed by atoms with E-state index in [4.69, 9.17) is 16.7 Å². The van der Waals surface area contributed by atoms with Crippen LogP contribution in [0.2, 0.25) is 0 Å². The van der Waals surface area contributed by atoms with Crippen molar-refractivity contribution in [3.8, 4) is 11.8 Å². The van der Waals surface area contributed by atoms with Crippen LogP contribution in [0.25, 0.3) is 0 Å². The van der Waals surface area contributed by atoms with E-state index < -0.39 is 5.97 Å². The van der Waals surface area contributed by atoms with Gasteiger partial charge in [0.15, 0.2) is 0 Å². The monoisotopic (exact) mass is 208 g/mol. The van der Waals surface area contributed by atoms with Crippen molar-refractivity contribution < 1.29 is 9.90 Å². The largest absolute Gasteiger partial charge is 0.478 e. The molecule has 72 valence electrons. The molecular formula is C11H9ClO2. The van der Waals surface area contributed by atoms with Crippen molar-refractivity contribution in [2.75, 3.05) is 5.88 Å². The number of hydrogen-bond donors (Lipinski definition) is 1. The van der Waals surface area contributed by atoms with Crippen LogP contribution in [-0.2, 0) is 0 Å². The second-order valence-corrected chi connectivity index (χ2v) is 3.06. The first-order valence-electron chi connectivity index (χ1n) is 4.04. The number of halogens is 1. The normalized spacial score (nSPS) is 9.00. The molecule has 0 amide bonds. The average Bonchev–Trinajstić information content (AvgIpc) is 2.14. The van der Waals surface area contributed by atoms with Gasteiger partial charge >= 0.3 is 5.97 Å². The fourth-order valence-corrected chi connectivity index (χ4v) is 1.14. The number of carbonyl (C=O) groups is 1. The Balaban J connectivity index is 3.22. The van der Waals surface area contributed by atoms with E-state index >= 15 is 0 Å². The number of carboxylic acid groups (broad SMARTS) is 1. The zero-order valence-electron chi connectivity index (χ0n) is 7.67. The fourth-order valence-electron chi connectivity index (χ4n) is 1.08. The molecule has 0 aliphatic rings. The van der Waals surface area contributed by atoms with Crippen LogP contribution in [0.1, 0.15) is 21.5 Å². The number of alkyl halides is 1. The maximum absolute atomic E-state index is 10.8. The van der Waals surface area contributed by atoms with E-state index in [0.29, 0.717) is 5.56 Å². The average molecular weight is 209 g/mol. The molecule has 0 saturated heterocycles. The summed E-state index contributed by atoms with van der Waals surface area (Å²) >= 11 is 5.40. The predicted molar refractivity (Wildman–Crippen MR) is 55.7 cm³/mol. The lowest BCUT2D eigenvalue weighted by Crippen LogP contribution is -2.00. The van der Waals surface area contributed by atoms with Gasteiger partial charge in [0.25, 0.3) is 0 Å². The van der Waals surface area contributed by atoms with E-state index in [1.165, 1.54) is 0 Å². The third kappa shape index (κ3) is 2.51. The molecule has 0 heterocycles. The molecule has 0 unspecified atom stereocenters. The van der Waals surface area contributed by atoms with E-state index in [1.807, 2.05) is 6.92 Å². The van der Waals surface area contributed by atoms with E-state index in [0.717, 1.165) is 5.56 Å². The fraction of sp³-hybridized carbons (Fsp3) is 0.182. The number of aromatic carboxylic acids is 1. The van der Waals surface area contributed by atoms with Crippen molar-refractivity contribution in [2.45, 2.75) is 6.92 Å². The molecule has 1 rings (SSSR count). The summed E-state index contributed by atoms with van der Waals surface area (Å²) in [6.45, 7) is 1.89. The lowest BCUT2D eigenvalue weighted by molar-refractivity contribution is 0.0696. The highest BCUT2D eigenvalue weighted by Gasteiger charge is 2.07. The SMILES string of the molecule is Cc1ccc(C(=O)O)c(C#CCCl)c1. The third-order valence-electron chi connectivity index (χ3n) is 1.70. The standard InChI is InChI=1S/C11H9ClO2/c1-8-4-5-10(11(13)14)9(7-8)3-2-6-12/h4-5,7H,6H2,1H3,(H,13,14). The van der Waals surface area contributed by atoms with Gasteiger partial charge in [-0.2, -0.15) is 0 Å². The Morgan fingerprint density at radius 2 is 2.29 bits per heavy atom. The maximum atomic E-state index is 10.8. The van der Waals surface area contributed by atoms with Gasteiger partial charge in [0, 0.05) is 5.56 Å². The Labute approximate surface area is 87.5 Å². The van der Waals surface area contributed by atoms with Crippen molar-refractivity contribution in [1.82, 2.24) is 0 Å². The summed E-state index contributed by atoms with van der Waals surface area (Å²) < 4.78 is 0. The highest BCUT2D eigenvalue weighted by atomic mass is 35.5. The van der Waals surface area contributed by atoms with Crippen molar-refractivity contribution in [3.63, 3.8) is 0 Å². The summed E-state index contributed by atoms with van der Waals surface area (Å²) in [6.07, 6.45) is 0. The van der Waals surface area contributed by atoms with Crippen molar-refractivity contribution in [1.29, 1.82) is 0 Å². The van der Waals surface area contributed by atoms with Gasteiger partial charge in [0.2, 0.25) is 0 Å². The van der Waals surface area contributed by atoms with Crippen LogP contribution in [0.3, 0.4) is 0 Å². The van der Waals surface area contributed by atoms with Crippen molar-refractivity contribution >= 4 is 17.6 Å². The number of aryl methyl sites for hydroxylation is 1. The Hall–Kier alpha value is -1.46. The van der Waals surface area contributed by atoms with Gasteiger partial charge in [-0.1, -0.05) is 17.9 Å².